The molecule has 3 aromatic heterocycles. The topological polar surface area (TPSA) is 114 Å². The minimum atomic E-state index is -0.484. The van der Waals surface area contributed by atoms with Crippen molar-refractivity contribution in [1.82, 2.24) is 35.4 Å². The zero-order valence-corrected chi connectivity index (χ0v) is 13.1. The van der Waals surface area contributed by atoms with Gasteiger partial charge in [0.25, 0.3) is 11.7 Å². The summed E-state index contributed by atoms with van der Waals surface area (Å²) in [5.41, 5.74) is 7.13. The summed E-state index contributed by atoms with van der Waals surface area (Å²) in [5, 5.41) is 4.07. The molecule has 2 N–H and O–H groups in total. The molecule has 0 atom stereocenters. The molecule has 0 bridgehead atoms. The SMILES string of the molecule is Cc1nc2ncnn2c(C)c1CC(=O)NNC(=O)c1ccccn1. The molecule has 0 aliphatic heterocycles. The minimum absolute atomic E-state index is 0.0585. The summed E-state index contributed by atoms with van der Waals surface area (Å²) in [6.45, 7) is 3.64. The van der Waals surface area contributed by atoms with Crippen LogP contribution in [0.2, 0.25) is 0 Å². The molecular weight excluding hydrogens is 310 g/mol. The van der Waals surface area contributed by atoms with Gasteiger partial charge in [-0.2, -0.15) is 10.1 Å². The molecule has 0 saturated carbocycles. The monoisotopic (exact) mass is 325 g/mol. The number of hydrogen-bond donors (Lipinski definition) is 2. The highest BCUT2D eigenvalue weighted by Gasteiger charge is 2.15. The van der Waals surface area contributed by atoms with E-state index in [9.17, 15) is 9.59 Å². The van der Waals surface area contributed by atoms with Crippen molar-refractivity contribution in [2.24, 2.45) is 0 Å². The number of nitrogens with one attached hydrogen (secondary N) is 2. The largest absolute Gasteiger partial charge is 0.288 e. The van der Waals surface area contributed by atoms with Gasteiger partial charge in [0.1, 0.15) is 12.0 Å². The van der Waals surface area contributed by atoms with Crippen molar-refractivity contribution in [3.05, 3.63) is 53.4 Å². The Bertz CT molecular complexity index is 905. The van der Waals surface area contributed by atoms with Crippen LogP contribution in [-0.2, 0) is 11.2 Å². The van der Waals surface area contributed by atoms with Gasteiger partial charge in [0.05, 0.1) is 6.42 Å². The van der Waals surface area contributed by atoms with Crippen LogP contribution in [0.4, 0.5) is 0 Å². The average Bonchev–Trinajstić information content (AvgIpc) is 3.05. The van der Waals surface area contributed by atoms with Crippen LogP contribution in [0.15, 0.2) is 30.7 Å². The number of carbonyl (C=O) groups is 2. The lowest BCUT2D eigenvalue weighted by molar-refractivity contribution is -0.121. The Kier molecular flexibility index (Phi) is 4.15. The molecule has 0 radical (unpaired) electrons. The normalized spacial score (nSPS) is 10.6. The number of rotatable bonds is 3. The first-order valence-corrected chi connectivity index (χ1v) is 7.22. The van der Waals surface area contributed by atoms with Crippen LogP contribution in [0.1, 0.15) is 27.4 Å². The molecule has 24 heavy (non-hydrogen) atoms. The second-order valence-corrected chi connectivity index (χ2v) is 5.13. The molecule has 0 spiro atoms. The van der Waals surface area contributed by atoms with Gasteiger partial charge in [-0.15, -0.1) is 0 Å². The first-order chi connectivity index (χ1) is 11.6. The van der Waals surface area contributed by atoms with Crippen LogP contribution in [0.25, 0.3) is 5.78 Å². The lowest BCUT2D eigenvalue weighted by Crippen LogP contribution is -2.42. The van der Waals surface area contributed by atoms with Crippen molar-refractivity contribution in [2.45, 2.75) is 20.3 Å². The maximum Gasteiger partial charge on any atom is 0.288 e. The van der Waals surface area contributed by atoms with Gasteiger partial charge in [0.2, 0.25) is 5.91 Å². The van der Waals surface area contributed by atoms with E-state index < -0.39 is 5.91 Å². The van der Waals surface area contributed by atoms with Crippen molar-refractivity contribution in [2.75, 3.05) is 0 Å². The van der Waals surface area contributed by atoms with E-state index in [4.69, 9.17) is 0 Å². The summed E-state index contributed by atoms with van der Waals surface area (Å²) < 4.78 is 1.57. The summed E-state index contributed by atoms with van der Waals surface area (Å²) >= 11 is 0. The standard InChI is InChI=1S/C15H15N7O2/c1-9-11(10(2)22-15(19-9)17-8-18-22)7-13(23)20-21-14(24)12-5-3-4-6-16-12/h3-6,8H,7H2,1-2H3,(H,20,23)(H,21,24). The molecular formula is C15H15N7O2. The number of pyridine rings is 1. The zero-order valence-electron chi connectivity index (χ0n) is 13.1. The first-order valence-electron chi connectivity index (χ1n) is 7.22. The number of hydrazine groups is 1. The van der Waals surface area contributed by atoms with E-state index >= 15 is 0 Å². The van der Waals surface area contributed by atoms with E-state index in [-0.39, 0.29) is 18.0 Å². The zero-order chi connectivity index (χ0) is 17.1. The first kappa shape index (κ1) is 15.5. The summed E-state index contributed by atoms with van der Waals surface area (Å²) in [6.07, 6.45) is 2.97. The third-order valence-corrected chi connectivity index (χ3v) is 3.54. The highest BCUT2D eigenvalue weighted by atomic mass is 16.2. The maximum atomic E-state index is 12.1. The van der Waals surface area contributed by atoms with Crippen LogP contribution in [0, 0.1) is 13.8 Å². The van der Waals surface area contributed by atoms with E-state index in [1.807, 2.05) is 6.92 Å². The van der Waals surface area contributed by atoms with Crippen LogP contribution in [0.3, 0.4) is 0 Å². The van der Waals surface area contributed by atoms with Crippen molar-refractivity contribution < 1.29 is 9.59 Å². The number of hydrogen-bond acceptors (Lipinski definition) is 6. The maximum absolute atomic E-state index is 12.1. The van der Waals surface area contributed by atoms with Crippen LogP contribution >= 0.6 is 0 Å². The summed E-state index contributed by atoms with van der Waals surface area (Å²) in [4.78, 5) is 36.2. The Balaban J connectivity index is 1.68. The molecule has 3 aromatic rings. The predicted molar refractivity (Wildman–Crippen MR) is 83.8 cm³/mol. The van der Waals surface area contributed by atoms with Crippen LogP contribution < -0.4 is 10.9 Å². The molecule has 0 aliphatic rings. The number of aryl methyl sites for hydroxylation is 2. The van der Waals surface area contributed by atoms with Gasteiger partial charge < -0.3 is 0 Å². The Morgan fingerprint density at radius 2 is 2.00 bits per heavy atom. The minimum Gasteiger partial charge on any atom is -0.273 e. The predicted octanol–water partition coefficient (Wildman–Crippen LogP) is 0.140. The van der Waals surface area contributed by atoms with Gasteiger partial charge in [-0.05, 0) is 26.0 Å². The van der Waals surface area contributed by atoms with E-state index in [0.717, 1.165) is 11.3 Å². The molecule has 2 amide bonds. The van der Waals surface area contributed by atoms with Crippen molar-refractivity contribution in [1.29, 1.82) is 0 Å². The van der Waals surface area contributed by atoms with Crippen LogP contribution in [-0.4, -0.2) is 36.4 Å². The van der Waals surface area contributed by atoms with Crippen molar-refractivity contribution >= 4 is 17.6 Å². The molecule has 3 heterocycles. The van der Waals surface area contributed by atoms with Gasteiger partial charge in [0.15, 0.2) is 0 Å². The van der Waals surface area contributed by atoms with E-state index in [1.165, 1.54) is 12.5 Å². The van der Waals surface area contributed by atoms with Crippen LogP contribution in [0.5, 0.6) is 0 Å². The van der Waals surface area contributed by atoms with Gasteiger partial charge in [-0.1, -0.05) is 6.07 Å². The Labute approximate surface area is 137 Å². The Morgan fingerprint density at radius 1 is 1.17 bits per heavy atom. The van der Waals surface area contributed by atoms with Gasteiger partial charge in [0, 0.05) is 23.1 Å². The fourth-order valence-electron chi connectivity index (χ4n) is 2.30. The summed E-state index contributed by atoms with van der Waals surface area (Å²) in [5.74, 6) is -0.369. The quantitative estimate of drug-likeness (QED) is 0.662. The Morgan fingerprint density at radius 3 is 2.75 bits per heavy atom. The van der Waals surface area contributed by atoms with E-state index in [2.05, 4.69) is 30.9 Å². The lowest BCUT2D eigenvalue weighted by Gasteiger charge is -2.11. The molecule has 9 nitrogen and oxygen atoms in total. The van der Waals surface area contributed by atoms with Crippen molar-refractivity contribution in [3.8, 4) is 0 Å². The van der Waals surface area contributed by atoms with E-state index in [1.54, 1.807) is 29.6 Å². The second kappa shape index (κ2) is 6.41. The smallest absolute Gasteiger partial charge is 0.273 e. The van der Waals surface area contributed by atoms with Gasteiger partial charge in [-0.25, -0.2) is 9.50 Å². The number of carbonyl (C=O) groups excluding carboxylic acids is 2. The molecule has 0 aliphatic carbocycles. The molecule has 122 valence electrons. The second-order valence-electron chi connectivity index (χ2n) is 5.13. The number of amides is 2. The summed E-state index contributed by atoms with van der Waals surface area (Å²) in [6, 6.07) is 4.95. The third kappa shape index (κ3) is 3.05. The lowest BCUT2D eigenvalue weighted by atomic mass is 10.1. The number of nitrogens with zero attached hydrogens (tertiary/aromatic N) is 5. The van der Waals surface area contributed by atoms with E-state index in [0.29, 0.717) is 11.5 Å². The van der Waals surface area contributed by atoms with Gasteiger partial charge >= 0.3 is 0 Å². The Hall–Kier alpha value is -3.36. The molecule has 0 aromatic carbocycles. The average molecular weight is 325 g/mol. The third-order valence-electron chi connectivity index (χ3n) is 3.54. The summed E-state index contributed by atoms with van der Waals surface area (Å²) in [7, 11) is 0. The number of aromatic nitrogens is 5. The number of fused-ring (bicyclic) bond motifs is 1. The van der Waals surface area contributed by atoms with Gasteiger partial charge in [-0.3, -0.25) is 25.4 Å². The fraction of sp³-hybridized carbons (Fsp3) is 0.200. The van der Waals surface area contributed by atoms with Crippen molar-refractivity contribution in [3.63, 3.8) is 0 Å². The molecule has 0 saturated heterocycles. The molecule has 3 rings (SSSR count). The fourth-order valence-corrected chi connectivity index (χ4v) is 2.30. The highest BCUT2D eigenvalue weighted by molar-refractivity contribution is 5.93. The molecule has 0 unspecified atom stereocenters. The molecule has 9 heteroatoms. The highest BCUT2D eigenvalue weighted by Crippen LogP contribution is 2.13. The molecule has 0 fully saturated rings.